The van der Waals surface area contributed by atoms with Gasteiger partial charge in [0.25, 0.3) is 5.56 Å². The van der Waals surface area contributed by atoms with Crippen LogP contribution < -0.4 is 5.56 Å². The van der Waals surface area contributed by atoms with Crippen molar-refractivity contribution in [1.82, 2.24) is 9.78 Å². The van der Waals surface area contributed by atoms with Gasteiger partial charge in [-0.15, -0.1) is 0 Å². The quantitative estimate of drug-likeness (QED) is 0.796. The molecule has 0 aliphatic heterocycles. The van der Waals surface area contributed by atoms with E-state index >= 15 is 0 Å². The summed E-state index contributed by atoms with van der Waals surface area (Å²) in [5, 5.41) is 14.3. The largest absolute Gasteiger partial charge is 0.481 e. The molecule has 2 aromatic carbocycles. The normalized spacial score (nSPS) is 10.7. The van der Waals surface area contributed by atoms with E-state index in [0.717, 1.165) is 0 Å². The predicted octanol–water partition coefficient (Wildman–Crippen LogP) is 2.01. The molecule has 0 bridgehead atoms. The van der Waals surface area contributed by atoms with E-state index in [-0.39, 0.29) is 12.0 Å². The summed E-state index contributed by atoms with van der Waals surface area (Å²) in [6, 6.07) is 15.9. The van der Waals surface area contributed by atoms with E-state index in [1.54, 1.807) is 48.5 Å². The number of hydrogen-bond donors (Lipinski definition) is 1. The smallest absolute Gasteiger partial charge is 0.309 e. The summed E-state index contributed by atoms with van der Waals surface area (Å²) in [6.45, 7) is 0. The Morgan fingerprint density at radius 3 is 2.29 bits per heavy atom. The first-order valence-corrected chi connectivity index (χ1v) is 6.45. The molecule has 3 aromatic rings. The first kappa shape index (κ1) is 13.1. The molecule has 21 heavy (non-hydrogen) atoms. The standard InChI is InChI=1S/C16H12N2O3/c19-15(20)10-14-12-8-4-5-9-13(12)16(21)18(17-14)11-6-2-1-3-7-11/h1-9H,10H2,(H,19,20). The van der Waals surface area contributed by atoms with Crippen LogP contribution in [-0.4, -0.2) is 20.9 Å². The molecule has 0 spiro atoms. The highest BCUT2D eigenvalue weighted by Crippen LogP contribution is 2.15. The third kappa shape index (κ3) is 2.41. The highest BCUT2D eigenvalue weighted by molar-refractivity contribution is 5.86. The molecule has 1 heterocycles. The van der Waals surface area contributed by atoms with Crippen LogP contribution in [0.15, 0.2) is 59.4 Å². The van der Waals surface area contributed by atoms with Crippen LogP contribution in [-0.2, 0) is 11.2 Å². The molecular weight excluding hydrogens is 268 g/mol. The summed E-state index contributed by atoms with van der Waals surface area (Å²) in [6.07, 6.45) is -0.229. The summed E-state index contributed by atoms with van der Waals surface area (Å²) >= 11 is 0. The molecular formula is C16H12N2O3. The minimum atomic E-state index is -0.981. The number of carbonyl (C=O) groups is 1. The number of fused-ring (bicyclic) bond motifs is 1. The summed E-state index contributed by atoms with van der Waals surface area (Å²) in [5.74, 6) is -0.981. The molecule has 0 saturated heterocycles. The zero-order chi connectivity index (χ0) is 14.8. The SMILES string of the molecule is O=C(O)Cc1nn(-c2ccccc2)c(=O)c2ccccc12. The van der Waals surface area contributed by atoms with Crippen LogP contribution in [0.5, 0.6) is 0 Å². The average molecular weight is 280 g/mol. The molecule has 5 nitrogen and oxygen atoms in total. The van der Waals surface area contributed by atoms with Crippen LogP contribution in [0.25, 0.3) is 16.5 Å². The maximum absolute atomic E-state index is 12.5. The molecule has 104 valence electrons. The van der Waals surface area contributed by atoms with Gasteiger partial charge in [0, 0.05) is 5.39 Å². The van der Waals surface area contributed by atoms with Gasteiger partial charge in [-0.25, -0.2) is 0 Å². The third-order valence-corrected chi connectivity index (χ3v) is 3.20. The van der Waals surface area contributed by atoms with Crippen molar-refractivity contribution in [3.8, 4) is 5.69 Å². The first-order valence-electron chi connectivity index (χ1n) is 6.45. The van der Waals surface area contributed by atoms with Crippen LogP contribution in [0.1, 0.15) is 5.69 Å². The Kier molecular flexibility index (Phi) is 3.23. The van der Waals surface area contributed by atoms with Gasteiger partial charge in [-0.05, 0) is 18.2 Å². The predicted molar refractivity (Wildman–Crippen MR) is 78.7 cm³/mol. The summed E-state index contributed by atoms with van der Waals surface area (Å²) in [4.78, 5) is 23.5. The van der Waals surface area contributed by atoms with E-state index in [1.165, 1.54) is 4.68 Å². The van der Waals surface area contributed by atoms with Gasteiger partial charge in [0.2, 0.25) is 0 Å². The number of carboxylic acid groups (broad SMARTS) is 1. The van der Waals surface area contributed by atoms with Gasteiger partial charge in [-0.1, -0.05) is 36.4 Å². The molecule has 0 fully saturated rings. The molecule has 0 aliphatic rings. The lowest BCUT2D eigenvalue weighted by atomic mass is 10.1. The molecule has 0 saturated carbocycles. The Hall–Kier alpha value is -2.95. The number of aromatic nitrogens is 2. The zero-order valence-corrected chi connectivity index (χ0v) is 11.1. The summed E-state index contributed by atoms with van der Waals surface area (Å²) in [7, 11) is 0. The Morgan fingerprint density at radius 2 is 1.62 bits per heavy atom. The van der Waals surface area contributed by atoms with Crippen LogP contribution >= 0.6 is 0 Å². The van der Waals surface area contributed by atoms with E-state index in [9.17, 15) is 9.59 Å². The van der Waals surface area contributed by atoms with Gasteiger partial charge in [0.05, 0.1) is 23.2 Å². The number of nitrogens with zero attached hydrogens (tertiary/aromatic N) is 2. The molecule has 3 rings (SSSR count). The third-order valence-electron chi connectivity index (χ3n) is 3.20. The van der Waals surface area contributed by atoms with E-state index in [4.69, 9.17) is 5.11 Å². The monoisotopic (exact) mass is 280 g/mol. The van der Waals surface area contributed by atoms with Gasteiger partial charge in [0.1, 0.15) is 0 Å². The highest BCUT2D eigenvalue weighted by atomic mass is 16.4. The second kappa shape index (κ2) is 5.20. The van der Waals surface area contributed by atoms with Gasteiger partial charge >= 0.3 is 5.97 Å². The number of hydrogen-bond acceptors (Lipinski definition) is 3. The molecule has 5 heteroatoms. The molecule has 0 atom stereocenters. The average Bonchev–Trinajstić information content (AvgIpc) is 2.51. The lowest BCUT2D eigenvalue weighted by Gasteiger charge is -2.09. The highest BCUT2D eigenvalue weighted by Gasteiger charge is 2.13. The number of benzene rings is 2. The second-order valence-electron chi connectivity index (χ2n) is 4.62. The fraction of sp³-hybridized carbons (Fsp3) is 0.0625. The van der Waals surface area contributed by atoms with Crippen LogP contribution in [0.4, 0.5) is 0 Å². The summed E-state index contributed by atoms with van der Waals surface area (Å²) < 4.78 is 1.25. The Labute approximate surface area is 120 Å². The Bertz CT molecular complexity index is 870. The lowest BCUT2D eigenvalue weighted by Crippen LogP contribution is -2.23. The maximum Gasteiger partial charge on any atom is 0.309 e. The fourth-order valence-corrected chi connectivity index (χ4v) is 2.27. The molecule has 0 aliphatic carbocycles. The topological polar surface area (TPSA) is 72.2 Å². The Balaban J connectivity index is 2.34. The second-order valence-corrected chi connectivity index (χ2v) is 4.62. The van der Waals surface area contributed by atoms with Crippen molar-refractivity contribution in [1.29, 1.82) is 0 Å². The molecule has 1 aromatic heterocycles. The van der Waals surface area contributed by atoms with Crippen molar-refractivity contribution >= 4 is 16.7 Å². The summed E-state index contributed by atoms with van der Waals surface area (Å²) in [5.41, 5.74) is 0.729. The van der Waals surface area contributed by atoms with Gasteiger partial charge in [0.15, 0.2) is 0 Å². The number of aliphatic carboxylic acids is 1. The Morgan fingerprint density at radius 1 is 1.00 bits per heavy atom. The van der Waals surface area contributed by atoms with E-state index in [1.807, 2.05) is 6.07 Å². The maximum atomic E-state index is 12.5. The molecule has 1 N–H and O–H groups in total. The van der Waals surface area contributed by atoms with E-state index < -0.39 is 5.97 Å². The van der Waals surface area contributed by atoms with Crippen molar-refractivity contribution < 1.29 is 9.90 Å². The van der Waals surface area contributed by atoms with Gasteiger partial charge in [-0.2, -0.15) is 9.78 Å². The number of para-hydroxylation sites is 1. The van der Waals surface area contributed by atoms with E-state index in [2.05, 4.69) is 5.10 Å². The van der Waals surface area contributed by atoms with E-state index in [0.29, 0.717) is 22.2 Å². The van der Waals surface area contributed by atoms with Crippen molar-refractivity contribution in [2.45, 2.75) is 6.42 Å². The van der Waals surface area contributed by atoms with Crippen molar-refractivity contribution in [3.63, 3.8) is 0 Å². The molecule has 0 amide bonds. The zero-order valence-electron chi connectivity index (χ0n) is 11.1. The minimum Gasteiger partial charge on any atom is -0.481 e. The van der Waals surface area contributed by atoms with Crippen LogP contribution in [0, 0.1) is 0 Å². The van der Waals surface area contributed by atoms with Crippen molar-refractivity contribution in [2.75, 3.05) is 0 Å². The lowest BCUT2D eigenvalue weighted by molar-refractivity contribution is -0.136. The fourth-order valence-electron chi connectivity index (χ4n) is 2.27. The van der Waals surface area contributed by atoms with Gasteiger partial charge < -0.3 is 5.11 Å². The van der Waals surface area contributed by atoms with Crippen LogP contribution in [0.3, 0.4) is 0 Å². The van der Waals surface area contributed by atoms with Crippen molar-refractivity contribution in [2.24, 2.45) is 0 Å². The number of rotatable bonds is 3. The minimum absolute atomic E-state index is 0.229. The first-order chi connectivity index (χ1) is 10.2. The molecule has 0 radical (unpaired) electrons. The number of carboxylic acids is 1. The van der Waals surface area contributed by atoms with Gasteiger partial charge in [-0.3, -0.25) is 9.59 Å². The van der Waals surface area contributed by atoms with Crippen LogP contribution in [0.2, 0.25) is 0 Å². The van der Waals surface area contributed by atoms with Crippen molar-refractivity contribution in [3.05, 3.63) is 70.6 Å². The molecule has 0 unspecified atom stereocenters.